The van der Waals surface area contributed by atoms with E-state index in [1.165, 1.54) is 7.05 Å². The van der Waals surface area contributed by atoms with Crippen LogP contribution in [0.4, 0.5) is 0 Å². The van der Waals surface area contributed by atoms with Crippen molar-refractivity contribution in [1.29, 1.82) is 0 Å². The van der Waals surface area contributed by atoms with Gasteiger partial charge in [-0.05, 0) is 24.3 Å². The lowest BCUT2D eigenvalue weighted by molar-refractivity contribution is 0.0528. The minimum atomic E-state index is -3.58. The first kappa shape index (κ1) is 18.6. The van der Waals surface area contributed by atoms with E-state index in [1.54, 1.807) is 0 Å². The molecule has 0 amide bonds. The van der Waals surface area contributed by atoms with E-state index in [2.05, 4.69) is 9.62 Å². The molecule has 1 N–H and O–H groups in total. The quantitative estimate of drug-likeness (QED) is 0.847. The molecule has 3 rings (SSSR count). The number of morpholine rings is 1. The summed E-state index contributed by atoms with van der Waals surface area (Å²) >= 11 is 0. The maximum absolute atomic E-state index is 13.0. The van der Waals surface area contributed by atoms with Crippen LogP contribution in [0.1, 0.15) is 16.4 Å². The van der Waals surface area contributed by atoms with Crippen molar-refractivity contribution < 1.29 is 13.2 Å². The standard InChI is InChI=1S/C20H24N2O3S/c1-21-26(23,24)20(18-10-6-3-7-11-18)19(22-12-14-25-15-13-22)16-17-8-4-2-5-9-17/h2-11,16,20-21H,12-15H2,1H3/b19-16-. The van der Waals surface area contributed by atoms with Gasteiger partial charge in [0.15, 0.2) is 0 Å². The minimum Gasteiger partial charge on any atom is -0.378 e. The Morgan fingerprint density at radius 1 is 1.04 bits per heavy atom. The van der Waals surface area contributed by atoms with Gasteiger partial charge in [-0.15, -0.1) is 0 Å². The second-order valence-corrected chi connectivity index (χ2v) is 8.09. The van der Waals surface area contributed by atoms with Crippen LogP contribution >= 0.6 is 0 Å². The Morgan fingerprint density at radius 3 is 2.19 bits per heavy atom. The van der Waals surface area contributed by atoms with Crippen LogP contribution in [0.5, 0.6) is 0 Å². The Bertz CT molecular complexity index is 830. The summed E-state index contributed by atoms with van der Waals surface area (Å²) in [6.07, 6.45) is 1.97. The first-order valence-electron chi connectivity index (χ1n) is 8.68. The van der Waals surface area contributed by atoms with Crippen LogP contribution in [0.2, 0.25) is 0 Å². The summed E-state index contributed by atoms with van der Waals surface area (Å²) in [7, 11) is -2.12. The molecular formula is C20H24N2O3S. The molecule has 138 valence electrons. The molecule has 0 aliphatic carbocycles. The van der Waals surface area contributed by atoms with Crippen LogP contribution < -0.4 is 4.72 Å². The van der Waals surface area contributed by atoms with Gasteiger partial charge in [0.25, 0.3) is 0 Å². The van der Waals surface area contributed by atoms with Crippen molar-refractivity contribution in [2.45, 2.75) is 5.25 Å². The second-order valence-electron chi connectivity index (χ2n) is 6.12. The van der Waals surface area contributed by atoms with Gasteiger partial charge in [0, 0.05) is 18.8 Å². The highest BCUT2D eigenvalue weighted by molar-refractivity contribution is 7.89. The van der Waals surface area contributed by atoms with Gasteiger partial charge in [-0.1, -0.05) is 60.7 Å². The number of nitrogens with zero attached hydrogens (tertiary/aromatic N) is 1. The van der Waals surface area contributed by atoms with E-state index in [0.29, 0.717) is 26.3 Å². The molecule has 1 unspecified atom stereocenters. The van der Waals surface area contributed by atoms with Gasteiger partial charge < -0.3 is 9.64 Å². The van der Waals surface area contributed by atoms with Gasteiger partial charge in [-0.25, -0.2) is 13.1 Å². The van der Waals surface area contributed by atoms with E-state index in [9.17, 15) is 8.42 Å². The summed E-state index contributed by atoms with van der Waals surface area (Å²) in [5.74, 6) is 0. The molecule has 2 aromatic rings. The van der Waals surface area contributed by atoms with Crippen molar-refractivity contribution >= 4 is 16.1 Å². The van der Waals surface area contributed by atoms with Gasteiger partial charge in [-0.3, -0.25) is 0 Å². The minimum absolute atomic E-state index is 0.591. The first-order chi connectivity index (χ1) is 12.6. The zero-order chi connectivity index (χ0) is 18.4. The normalized spacial score (nSPS) is 17.1. The number of benzene rings is 2. The zero-order valence-electron chi connectivity index (χ0n) is 14.8. The van der Waals surface area contributed by atoms with Gasteiger partial charge in [0.1, 0.15) is 5.25 Å². The van der Waals surface area contributed by atoms with E-state index in [0.717, 1.165) is 16.8 Å². The molecule has 0 spiro atoms. The topological polar surface area (TPSA) is 58.6 Å². The average Bonchev–Trinajstić information content (AvgIpc) is 2.69. The number of nitrogens with one attached hydrogen (secondary N) is 1. The van der Waals surface area contributed by atoms with Crippen LogP contribution in [-0.2, 0) is 14.8 Å². The fourth-order valence-corrected chi connectivity index (χ4v) is 4.42. The summed E-state index contributed by atoms with van der Waals surface area (Å²) in [4.78, 5) is 2.11. The molecule has 1 aliphatic rings. The summed E-state index contributed by atoms with van der Waals surface area (Å²) < 4.78 is 33.9. The van der Waals surface area contributed by atoms with Crippen molar-refractivity contribution in [3.05, 3.63) is 77.5 Å². The highest BCUT2D eigenvalue weighted by atomic mass is 32.2. The molecule has 26 heavy (non-hydrogen) atoms. The Kier molecular flexibility index (Phi) is 6.08. The lowest BCUT2D eigenvalue weighted by Gasteiger charge is -2.35. The number of sulfonamides is 1. The second kappa shape index (κ2) is 8.49. The third-order valence-corrected chi connectivity index (χ3v) is 6.16. The van der Waals surface area contributed by atoms with Crippen LogP contribution in [0.25, 0.3) is 6.08 Å². The van der Waals surface area contributed by atoms with E-state index in [4.69, 9.17) is 4.74 Å². The van der Waals surface area contributed by atoms with Crippen molar-refractivity contribution in [2.75, 3.05) is 33.4 Å². The maximum atomic E-state index is 13.0. The van der Waals surface area contributed by atoms with Crippen LogP contribution in [-0.4, -0.2) is 46.7 Å². The highest BCUT2D eigenvalue weighted by Crippen LogP contribution is 2.33. The molecule has 1 saturated heterocycles. The van der Waals surface area contributed by atoms with Crippen molar-refractivity contribution in [2.24, 2.45) is 0 Å². The third kappa shape index (κ3) is 4.33. The van der Waals surface area contributed by atoms with Crippen LogP contribution in [0.15, 0.2) is 66.4 Å². The lowest BCUT2D eigenvalue weighted by Crippen LogP contribution is -2.40. The fraction of sp³-hybridized carbons (Fsp3) is 0.300. The predicted octanol–water partition coefficient (Wildman–Crippen LogP) is 2.65. The molecule has 6 heteroatoms. The molecular weight excluding hydrogens is 348 g/mol. The van der Waals surface area contributed by atoms with Crippen molar-refractivity contribution in [3.8, 4) is 0 Å². The van der Waals surface area contributed by atoms with Gasteiger partial charge >= 0.3 is 0 Å². The molecule has 1 aliphatic heterocycles. The monoisotopic (exact) mass is 372 g/mol. The molecule has 2 aromatic carbocycles. The molecule has 0 aromatic heterocycles. The van der Waals surface area contributed by atoms with E-state index in [1.807, 2.05) is 66.7 Å². The number of hydrogen-bond acceptors (Lipinski definition) is 4. The fourth-order valence-electron chi connectivity index (χ4n) is 3.13. The molecule has 0 saturated carbocycles. The summed E-state index contributed by atoms with van der Waals surface area (Å²) in [6, 6.07) is 19.2. The predicted molar refractivity (Wildman–Crippen MR) is 104 cm³/mol. The Labute approximate surface area is 155 Å². The number of ether oxygens (including phenoxy) is 1. The molecule has 0 bridgehead atoms. The molecule has 5 nitrogen and oxygen atoms in total. The summed E-state index contributed by atoms with van der Waals surface area (Å²) in [6.45, 7) is 2.52. The number of hydrogen-bond donors (Lipinski definition) is 1. The lowest BCUT2D eigenvalue weighted by atomic mass is 10.1. The molecule has 0 radical (unpaired) electrons. The highest BCUT2D eigenvalue weighted by Gasteiger charge is 2.33. The SMILES string of the molecule is CNS(=O)(=O)C(/C(=C/c1ccccc1)N1CCOCC1)c1ccccc1. The molecule has 1 heterocycles. The third-order valence-electron chi connectivity index (χ3n) is 4.46. The largest absolute Gasteiger partial charge is 0.378 e. The van der Waals surface area contributed by atoms with E-state index >= 15 is 0 Å². The van der Waals surface area contributed by atoms with Crippen LogP contribution in [0, 0.1) is 0 Å². The Morgan fingerprint density at radius 2 is 1.62 bits per heavy atom. The summed E-state index contributed by atoms with van der Waals surface area (Å²) in [5.41, 5.74) is 2.48. The zero-order valence-corrected chi connectivity index (χ0v) is 15.7. The van der Waals surface area contributed by atoms with E-state index in [-0.39, 0.29) is 0 Å². The van der Waals surface area contributed by atoms with Crippen molar-refractivity contribution in [3.63, 3.8) is 0 Å². The van der Waals surface area contributed by atoms with Gasteiger partial charge in [-0.2, -0.15) is 0 Å². The average molecular weight is 372 g/mol. The smallest absolute Gasteiger partial charge is 0.224 e. The Balaban J connectivity index is 2.14. The number of rotatable bonds is 6. The first-order valence-corrected chi connectivity index (χ1v) is 10.2. The van der Waals surface area contributed by atoms with Crippen molar-refractivity contribution in [1.82, 2.24) is 9.62 Å². The van der Waals surface area contributed by atoms with Crippen LogP contribution in [0.3, 0.4) is 0 Å². The summed E-state index contributed by atoms with van der Waals surface area (Å²) in [5, 5.41) is -0.785. The van der Waals surface area contributed by atoms with Gasteiger partial charge in [0.05, 0.1) is 13.2 Å². The van der Waals surface area contributed by atoms with E-state index < -0.39 is 15.3 Å². The Hall–Kier alpha value is -2.15. The molecule has 1 fully saturated rings. The van der Waals surface area contributed by atoms with Gasteiger partial charge in [0.2, 0.25) is 10.0 Å². The maximum Gasteiger partial charge on any atom is 0.224 e. The molecule has 1 atom stereocenters.